The monoisotopic (exact) mass is 301 g/mol. The van der Waals surface area contributed by atoms with E-state index in [0.29, 0.717) is 0 Å². The molecule has 1 aromatic heterocycles. The van der Waals surface area contributed by atoms with Crippen LogP contribution in [-0.2, 0) is 0 Å². The van der Waals surface area contributed by atoms with Crippen LogP contribution >= 0.6 is 0 Å². The van der Waals surface area contributed by atoms with Crippen LogP contribution in [0.5, 0.6) is 0 Å². The minimum atomic E-state index is 0.923. The van der Waals surface area contributed by atoms with Crippen molar-refractivity contribution in [2.75, 3.05) is 5.32 Å². The molecule has 0 fully saturated rings. The van der Waals surface area contributed by atoms with Crippen LogP contribution in [0.2, 0.25) is 0 Å². The molecule has 0 spiro atoms. The van der Waals surface area contributed by atoms with Gasteiger partial charge in [0.1, 0.15) is 5.58 Å². The van der Waals surface area contributed by atoms with Gasteiger partial charge in [-0.1, -0.05) is 42.5 Å². The van der Waals surface area contributed by atoms with Gasteiger partial charge in [0, 0.05) is 16.5 Å². The summed E-state index contributed by atoms with van der Waals surface area (Å²) in [5, 5.41) is 5.90. The third-order valence-corrected chi connectivity index (χ3v) is 4.41. The summed E-state index contributed by atoms with van der Waals surface area (Å²) in [5.41, 5.74) is 7.67. The maximum atomic E-state index is 6.14. The van der Waals surface area contributed by atoms with E-state index in [9.17, 15) is 0 Å². The molecule has 0 aliphatic heterocycles. The Morgan fingerprint density at radius 3 is 2.43 bits per heavy atom. The molecule has 0 amide bonds. The lowest BCUT2D eigenvalue weighted by Crippen LogP contribution is -1.96. The molecule has 114 valence electrons. The van der Waals surface area contributed by atoms with Gasteiger partial charge in [0.05, 0.1) is 5.69 Å². The molecule has 4 aromatic rings. The van der Waals surface area contributed by atoms with E-state index in [2.05, 4.69) is 68.6 Å². The lowest BCUT2D eigenvalue weighted by atomic mass is 10.1. The first kappa shape index (κ1) is 13.9. The average molecular weight is 301 g/mol. The topological polar surface area (TPSA) is 25.2 Å². The van der Waals surface area contributed by atoms with Crippen molar-refractivity contribution < 1.29 is 4.42 Å². The van der Waals surface area contributed by atoms with Gasteiger partial charge < -0.3 is 9.73 Å². The van der Waals surface area contributed by atoms with Crippen molar-refractivity contribution in [3.8, 4) is 0 Å². The zero-order chi connectivity index (χ0) is 16.0. The minimum absolute atomic E-state index is 0.923. The summed E-state index contributed by atoms with van der Waals surface area (Å²) < 4.78 is 6.14. The summed E-state index contributed by atoms with van der Waals surface area (Å²) in [6.07, 6.45) is 0. The Kier molecular flexibility index (Phi) is 3.12. The number of hydrogen-bond acceptors (Lipinski definition) is 2. The first-order chi connectivity index (χ1) is 11.1. The van der Waals surface area contributed by atoms with Crippen LogP contribution in [0.1, 0.15) is 16.7 Å². The Bertz CT molecular complexity index is 1030. The summed E-state index contributed by atoms with van der Waals surface area (Å²) in [6, 6.07) is 18.9. The van der Waals surface area contributed by atoms with Gasteiger partial charge in [0.15, 0.2) is 5.58 Å². The zero-order valence-electron chi connectivity index (χ0n) is 13.6. The van der Waals surface area contributed by atoms with Gasteiger partial charge in [-0.2, -0.15) is 0 Å². The van der Waals surface area contributed by atoms with E-state index in [-0.39, 0.29) is 0 Å². The van der Waals surface area contributed by atoms with E-state index in [4.69, 9.17) is 4.42 Å². The van der Waals surface area contributed by atoms with Crippen LogP contribution in [0.15, 0.2) is 59.0 Å². The number of benzene rings is 3. The highest BCUT2D eigenvalue weighted by molar-refractivity contribution is 6.09. The SMILES string of the molecule is Cc1ccc(C)c(Nc2c(C)ccc3c2oc2ccccc23)c1. The van der Waals surface area contributed by atoms with Crippen molar-refractivity contribution >= 4 is 33.3 Å². The van der Waals surface area contributed by atoms with Crippen molar-refractivity contribution in [1.29, 1.82) is 0 Å². The molecule has 23 heavy (non-hydrogen) atoms. The Hall–Kier alpha value is -2.74. The molecule has 0 atom stereocenters. The predicted molar refractivity (Wildman–Crippen MR) is 97.7 cm³/mol. The molecule has 0 saturated carbocycles. The van der Waals surface area contributed by atoms with E-state index in [0.717, 1.165) is 33.3 Å². The van der Waals surface area contributed by atoms with Crippen LogP contribution in [0, 0.1) is 20.8 Å². The Balaban J connectivity index is 1.95. The van der Waals surface area contributed by atoms with Gasteiger partial charge in [-0.25, -0.2) is 0 Å². The highest BCUT2D eigenvalue weighted by Gasteiger charge is 2.13. The molecule has 0 aliphatic carbocycles. The smallest absolute Gasteiger partial charge is 0.159 e. The number of aryl methyl sites for hydroxylation is 3. The Labute approximate surface area is 135 Å². The molecule has 1 heterocycles. The van der Waals surface area contributed by atoms with Crippen molar-refractivity contribution in [3.63, 3.8) is 0 Å². The fourth-order valence-corrected chi connectivity index (χ4v) is 3.05. The maximum absolute atomic E-state index is 6.14. The molecule has 0 unspecified atom stereocenters. The molecule has 0 bridgehead atoms. The molecule has 4 rings (SSSR count). The van der Waals surface area contributed by atoms with E-state index in [1.807, 2.05) is 12.1 Å². The molecule has 2 heteroatoms. The second-order valence-electron chi connectivity index (χ2n) is 6.18. The van der Waals surface area contributed by atoms with Crippen LogP contribution in [0.3, 0.4) is 0 Å². The average Bonchev–Trinajstić information content (AvgIpc) is 2.92. The van der Waals surface area contributed by atoms with Gasteiger partial charge in [0.2, 0.25) is 0 Å². The summed E-state index contributed by atoms with van der Waals surface area (Å²) in [6.45, 7) is 6.34. The third kappa shape index (κ3) is 2.27. The number of fused-ring (bicyclic) bond motifs is 3. The summed E-state index contributed by atoms with van der Waals surface area (Å²) in [7, 11) is 0. The predicted octanol–water partition coefficient (Wildman–Crippen LogP) is 6.25. The Morgan fingerprint density at radius 1 is 0.783 bits per heavy atom. The first-order valence-corrected chi connectivity index (χ1v) is 7.88. The molecular weight excluding hydrogens is 282 g/mol. The maximum Gasteiger partial charge on any atom is 0.159 e. The molecule has 1 N–H and O–H groups in total. The van der Waals surface area contributed by atoms with Crippen molar-refractivity contribution in [2.45, 2.75) is 20.8 Å². The van der Waals surface area contributed by atoms with Crippen molar-refractivity contribution in [2.24, 2.45) is 0 Å². The van der Waals surface area contributed by atoms with E-state index in [1.54, 1.807) is 0 Å². The van der Waals surface area contributed by atoms with Crippen molar-refractivity contribution in [3.05, 3.63) is 71.3 Å². The molecule has 2 nitrogen and oxygen atoms in total. The third-order valence-electron chi connectivity index (χ3n) is 4.41. The number of rotatable bonds is 2. The molecule has 0 aliphatic rings. The van der Waals surface area contributed by atoms with Gasteiger partial charge in [-0.05, 0) is 49.6 Å². The van der Waals surface area contributed by atoms with Crippen LogP contribution in [0.4, 0.5) is 11.4 Å². The normalized spacial score (nSPS) is 11.3. The number of anilines is 2. The van der Waals surface area contributed by atoms with Gasteiger partial charge in [0.25, 0.3) is 0 Å². The molecule has 3 aromatic carbocycles. The van der Waals surface area contributed by atoms with E-state index in [1.165, 1.54) is 16.7 Å². The standard InChI is InChI=1S/C21H19NO/c1-13-8-9-14(2)18(12-13)22-20-15(3)10-11-17-16-6-4-5-7-19(16)23-21(17)20/h4-12,22H,1-3H3. The van der Waals surface area contributed by atoms with Crippen LogP contribution < -0.4 is 5.32 Å². The quantitative estimate of drug-likeness (QED) is 0.473. The highest BCUT2D eigenvalue weighted by atomic mass is 16.3. The lowest BCUT2D eigenvalue weighted by molar-refractivity contribution is 0.670. The van der Waals surface area contributed by atoms with Gasteiger partial charge >= 0.3 is 0 Å². The molecular formula is C21H19NO. The van der Waals surface area contributed by atoms with Crippen LogP contribution in [-0.4, -0.2) is 0 Å². The summed E-state index contributed by atoms with van der Waals surface area (Å²) in [5.74, 6) is 0. The number of para-hydroxylation sites is 1. The fourth-order valence-electron chi connectivity index (χ4n) is 3.05. The minimum Gasteiger partial charge on any atom is -0.454 e. The van der Waals surface area contributed by atoms with Gasteiger partial charge in [-0.15, -0.1) is 0 Å². The van der Waals surface area contributed by atoms with Crippen LogP contribution in [0.25, 0.3) is 21.9 Å². The number of furan rings is 1. The zero-order valence-corrected chi connectivity index (χ0v) is 13.6. The van der Waals surface area contributed by atoms with Crippen molar-refractivity contribution in [1.82, 2.24) is 0 Å². The molecule has 0 radical (unpaired) electrons. The summed E-state index contributed by atoms with van der Waals surface area (Å²) in [4.78, 5) is 0. The van der Waals surface area contributed by atoms with E-state index >= 15 is 0 Å². The van der Waals surface area contributed by atoms with E-state index < -0.39 is 0 Å². The second-order valence-corrected chi connectivity index (χ2v) is 6.18. The first-order valence-electron chi connectivity index (χ1n) is 7.88. The molecule has 0 saturated heterocycles. The number of hydrogen-bond donors (Lipinski definition) is 1. The Morgan fingerprint density at radius 2 is 1.57 bits per heavy atom. The fraction of sp³-hybridized carbons (Fsp3) is 0.143. The second kappa shape index (κ2) is 5.17. The highest BCUT2D eigenvalue weighted by Crippen LogP contribution is 2.37. The summed E-state index contributed by atoms with van der Waals surface area (Å²) >= 11 is 0. The van der Waals surface area contributed by atoms with Gasteiger partial charge in [-0.3, -0.25) is 0 Å². The number of nitrogens with one attached hydrogen (secondary N) is 1. The largest absolute Gasteiger partial charge is 0.454 e. The lowest BCUT2D eigenvalue weighted by Gasteiger charge is -2.13.